The van der Waals surface area contributed by atoms with E-state index in [9.17, 15) is 23.3 Å². The number of nitrogens with zero attached hydrogens (tertiary/aromatic N) is 6. The number of halogens is 1. The average molecular weight is 924 g/mol. The van der Waals surface area contributed by atoms with Crippen molar-refractivity contribution in [2.45, 2.75) is 44.4 Å². The minimum atomic E-state index is -4.62. The number of ether oxygens (including phenoxy) is 2. The fourth-order valence-corrected chi connectivity index (χ4v) is 10.7. The first-order valence-corrected chi connectivity index (χ1v) is 24.1. The second kappa shape index (κ2) is 18.4. The number of anilines is 1. The Balaban J connectivity index is 0.933. The van der Waals surface area contributed by atoms with Crippen molar-refractivity contribution < 1.29 is 27.6 Å². The second-order valence-corrected chi connectivity index (χ2v) is 20.8. The summed E-state index contributed by atoms with van der Waals surface area (Å²) in [5.41, 5.74) is 5.75. The van der Waals surface area contributed by atoms with Crippen molar-refractivity contribution in [3.63, 3.8) is 0 Å². The van der Waals surface area contributed by atoms with Crippen molar-refractivity contribution >= 4 is 55.5 Å². The number of rotatable bonds is 12. The summed E-state index contributed by atoms with van der Waals surface area (Å²) in [6.45, 7) is 13.3. The Hall–Kier alpha value is -5.52. The van der Waals surface area contributed by atoms with Crippen molar-refractivity contribution in [1.82, 2.24) is 29.4 Å². The van der Waals surface area contributed by atoms with Crippen molar-refractivity contribution in [3.05, 3.63) is 117 Å². The molecule has 15 nitrogen and oxygen atoms in total. The third-order valence-electron chi connectivity index (χ3n) is 13.3. The molecule has 0 spiro atoms. The number of sulfonamides is 1. The first-order chi connectivity index (χ1) is 31.2. The zero-order valence-electron chi connectivity index (χ0n) is 37.0. The zero-order chi connectivity index (χ0) is 45.5. The Kier molecular flexibility index (Phi) is 12.6. The number of H-pyrrole nitrogens is 1. The Morgan fingerprint density at radius 2 is 1.75 bits per heavy atom. The van der Waals surface area contributed by atoms with Crippen molar-refractivity contribution in [2.24, 2.45) is 11.3 Å². The average Bonchev–Trinajstić information content (AvgIpc) is 3.76. The molecule has 1 aliphatic carbocycles. The number of fused-ring (bicyclic) bond motifs is 2. The Morgan fingerprint density at radius 3 is 2.51 bits per heavy atom. The molecular formula is C48H55ClN8O7S. The van der Waals surface area contributed by atoms with Crippen LogP contribution in [0.1, 0.15) is 54.6 Å². The number of allylic oxidation sites excluding steroid dienone is 1. The SMILES string of the molecule is CN1CCN(C[C@H]2COc3cc(S(=O)(=O)NC(=O)c4ccc(N5CCN(CC6=C(c7ccc(Cl)cc7)CC(C)(C)CC6)CC5)cc4Oc4cnc5[nH]ccc5c4)cc([N+](=O)[O-])c3C2)CC1. The van der Waals surface area contributed by atoms with Crippen LogP contribution in [0.4, 0.5) is 11.4 Å². The van der Waals surface area contributed by atoms with Gasteiger partial charge in [-0.2, -0.15) is 0 Å². The van der Waals surface area contributed by atoms with E-state index in [2.05, 4.69) is 67.3 Å². The number of amides is 1. The van der Waals surface area contributed by atoms with Crippen LogP contribution in [0.15, 0.2) is 89.6 Å². The van der Waals surface area contributed by atoms with Gasteiger partial charge in [-0.3, -0.25) is 19.8 Å². The summed E-state index contributed by atoms with van der Waals surface area (Å²) in [4.78, 5) is 42.3. The predicted molar refractivity (Wildman–Crippen MR) is 252 cm³/mol. The third-order valence-corrected chi connectivity index (χ3v) is 14.9. The molecule has 65 heavy (non-hydrogen) atoms. The number of nitro benzene ring substituents is 1. The summed E-state index contributed by atoms with van der Waals surface area (Å²) >= 11 is 6.25. The van der Waals surface area contributed by atoms with E-state index in [-0.39, 0.29) is 34.1 Å². The smallest absolute Gasteiger partial charge is 0.277 e. The van der Waals surface area contributed by atoms with Crippen LogP contribution in [0.3, 0.4) is 0 Å². The fraction of sp³-hybridized carbons (Fsp3) is 0.417. The number of likely N-dealkylation sites (N-methyl/N-ethyl adjacent to an activating group) is 1. The quantitative estimate of drug-likeness (QED) is 0.0930. The molecule has 2 aromatic heterocycles. The van der Waals surface area contributed by atoms with Crippen molar-refractivity contribution in [2.75, 3.05) is 84.0 Å². The Labute approximate surface area is 384 Å². The molecule has 2 N–H and O–H groups in total. The highest BCUT2D eigenvalue weighted by Crippen LogP contribution is 2.44. The summed E-state index contributed by atoms with van der Waals surface area (Å²) in [5, 5.41) is 13.9. The van der Waals surface area contributed by atoms with Crippen LogP contribution >= 0.6 is 11.6 Å². The van der Waals surface area contributed by atoms with Gasteiger partial charge in [-0.15, -0.1) is 0 Å². The highest BCUT2D eigenvalue weighted by atomic mass is 35.5. The minimum absolute atomic E-state index is 0.00573. The molecule has 0 unspecified atom stereocenters. The molecule has 0 saturated carbocycles. The van der Waals surface area contributed by atoms with Crippen LogP contribution in [0.25, 0.3) is 16.6 Å². The minimum Gasteiger partial charge on any atom is -0.493 e. The zero-order valence-corrected chi connectivity index (χ0v) is 38.6. The first-order valence-electron chi connectivity index (χ1n) is 22.3. The molecule has 4 aliphatic rings. The van der Waals surface area contributed by atoms with E-state index in [4.69, 9.17) is 21.1 Å². The molecule has 3 aliphatic heterocycles. The van der Waals surface area contributed by atoms with Gasteiger partial charge in [-0.05, 0) is 85.7 Å². The molecule has 2 fully saturated rings. The number of carbonyl (C=O) groups excluding carboxylic acids is 1. The summed E-state index contributed by atoms with van der Waals surface area (Å²) in [7, 11) is -2.54. The van der Waals surface area contributed by atoms with Crippen LogP contribution in [-0.4, -0.2) is 123 Å². The predicted octanol–water partition coefficient (Wildman–Crippen LogP) is 7.62. The van der Waals surface area contributed by atoms with Crippen LogP contribution in [0.5, 0.6) is 17.2 Å². The van der Waals surface area contributed by atoms with Crippen molar-refractivity contribution in [1.29, 1.82) is 0 Å². The number of piperazine rings is 2. The van der Waals surface area contributed by atoms with Gasteiger partial charge in [0, 0.05) is 112 Å². The van der Waals surface area contributed by atoms with Gasteiger partial charge in [0.05, 0.1) is 33.7 Å². The van der Waals surface area contributed by atoms with Gasteiger partial charge in [0.1, 0.15) is 22.9 Å². The molecule has 0 radical (unpaired) electrons. The molecule has 0 bridgehead atoms. The number of hydrogen-bond acceptors (Lipinski definition) is 12. The molecular weight excluding hydrogens is 868 g/mol. The lowest BCUT2D eigenvalue weighted by atomic mass is 9.72. The molecule has 5 aromatic rings. The molecule has 17 heteroatoms. The van der Waals surface area contributed by atoms with E-state index < -0.39 is 25.7 Å². The van der Waals surface area contributed by atoms with Gasteiger partial charge in [0.2, 0.25) is 0 Å². The summed E-state index contributed by atoms with van der Waals surface area (Å²) in [5.74, 6) is -0.343. The third kappa shape index (κ3) is 10.2. The first kappa shape index (κ1) is 44.7. The monoisotopic (exact) mass is 922 g/mol. The van der Waals surface area contributed by atoms with Crippen LogP contribution in [0, 0.1) is 21.4 Å². The highest BCUT2D eigenvalue weighted by Gasteiger charge is 2.34. The van der Waals surface area contributed by atoms with Gasteiger partial charge in [-0.1, -0.05) is 43.2 Å². The molecule has 342 valence electrons. The van der Waals surface area contributed by atoms with Gasteiger partial charge in [0.25, 0.3) is 21.6 Å². The van der Waals surface area contributed by atoms with E-state index in [1.165, 1.54) is 29.0 Å². The maximum absolute atomic E-state index is 14.1. The Morgan fingerprint density at radius 1 is 1.00 bits per heavy atom. The van der Waals surface area contributed by atoms with Gasteiger partial charge >= 0.3 is 0 Å². The lowest BCUT2D eigenvalue weighted by Crippen LogP contribution is -2.47. The van der Waals surface area contributed by atoms with Crippen LogP contribution < -0.4 is 19.1 Å². The normalized spacial score (nSPS) is 19.8. The number of benzene rings is 3. The number of aromatic amines is 1. The standard InChI is InChI=1S/C48H55ClN8O7S/c1-48(2)12-10-35(42(27-48)33-4-6-36(49)7-5-33)30-55-18-20-56(21-19-55)37-8-9-40(45(24-37)64-38-23-34-11-13-50-46(34)51-28-38)47(58)52-65(61,62)39-25-43(57(59)60)41-22-32(31-63-44(41)26-39)29-54-16-14-53(3)15-17-54/h4-9,11,13,23-26,28,32H,10,12,14-22,27,29-31H2,1-3H3,(H,50,51)(H,52,58)/t32-/m0/s1. The number of aromatic nitrogens is 2. The molecule has 9 rings (SSSR count). The molecule has 2 saturated heterocycles. The van der Waals surface area contributed by atoms with Gasteiger partial charge in [-0.25, -0.2) is 18.1 Å². The summed E-state index contributed by atoms with van der Waals surface area (Å²) < 4.78 is 42.4. The van der Waals surface area contributed by atoms with E-state index in [0.29, 0.717) is 30.0 Å². The summed E-state index contributed by atoms with van der Waals surface area (Å²) in [6.07, 6.45) is 6.86. The maximum atomic E-state index is 14.1. The van der Waals surface area contributed by atoms with Gasteiger partial charge in [0.15, 0.2) is 0 Å². The number of nitrogens with one attached hydrogen (secondary N) is 2. The fourth-order valence-electron chi connectivity index (χ4n) is 9.54. The van der Waals surface area contributed by atoms with E-state index in [1.807, 2.05) is 18.2 Å². The molecule has 3 aromatic carbocycles. The Bertz CT molecular complexity index is 2740. The van der Waals surface area contributed by atoms with Gasteiger partial charge < -0.3 is 29.2 Å². The highest BCUT2D eigenvalue weighted by molar-refractivity contribution is 7.90. The topological polar surface area (TPSA) is 166 Å². The lowest BCUT2D eigenvalue weighted by Gasteiger charge is -2.39. The number of carbonyl (C=O) groups is 1. The maximum Gasteiger partial charge on any atom is 0.277 e. The van der Waals surface area contributed by atoms with E-state index >= 15 is 0 Å². The van der Waals surface area contributed by atoms with E-state index in [0.717, 1.165) is 107 Å². The second-order valence-electron chi connectivity index (χ2n) is 18.7. The number of pyridine rings is 1. The lowest BCUT2D eigenvalue weighted by molar-refractivity contribution is -0.386. The summed E-state index contributed by atoms with van der Waals surface area (Å²) in [6, 6.07) is 19.2. The van der Waals surface area contributed by atoms with Crippen LogP contribution in [-0.2, 0) is 16.4 Å². The van der Waals surface area contributed by atoms with Crippen molar-refractivity contribution in [3.8, 4) is 17.2 Å². The number of hydrogen-bond donors (Lipinski definition) is 2. The van der Waals surface area contributed by atoms with E-state index in [1.54, 1.807) is 30.5 Å². The number of nitro groups is 1. The molecule has 5 heterocycles. The largest absolute Gasteiger partial charge is 0.493 e. The molecule has 1 atom stereocenters. The molecule has 1 amide bonds. The van der Waals surface area contributed by atoms with Crippen LogP contribution in [0.2, 0.25) is 5.02 Å².